The lowest BCUT2D eigenvalue weighted by Crippen LogP contribution is -2.12. The van der Waals surface area contributed by atoms with Crippen LogP contribution in [0, 0.1) is 5.82 Å². The molecule has 0 fully saturated rings. The second kappa shape index (κ2) is 5.22. The summed E-state index contributed by atoms with van der Waals surface area (Å²) in [7, 11) is 0. The Hall–Kier alpha value is -1.82. The van der Waals surface area contributed by atoms with Crippen LogP contribution in [0.1, 0.15) is 37.5 Å². The van der Waals surface area contributed by atoms with Crippen molar-refractivity contribution < 1.29 is 9.50 Å². The number of halogens is 1. The van der Waals surface area contributed by atoms with E-state index in [9.17, 15) is 9.50 Å². The average Bonchev–Trinajstić information content (AvgIpc) is 2.78. The van der Waals surface area contributed by atoms with Crippen LogP contribution in [-0.2, 0) is 6.42 Å². The molecule has 6 heteroatoms. The first-order chi connectivity index (χ1) is 8.58. The van der Waals surface area contributed by atoms with Gasteiger partial charge in [-0.2, -0.15) is 5.10 Å². The van der Waals surface area contributed by atoms with Crippen molar-refractivity contribution in [3.05, 3.63) is 42.0 Å². The minimum Gasteiger partial charge on any atom is -0.386 e. The van der Waals surface area contributed by atoms with E-state index in [0.717, 1.165) is 6.20 Å². The number of nitrogens with zero attached hydrogens (tertiary/aromatic N) is 4. The minimum absolute atomic E-state index is 0.177. The highest BCUT2D eigenvalue weighted by atomic mass is 19.1. The maximum Gasteiger partial charge on any atom is 0.141 e. The van der Waals surface area contributed by atoms with E-state index >= 15 is 0 Å². The predicted molar refractivity (Wildman–Crippen MR) is 63.3 cm³/mol. The quantitative estimate of drug-likeness (QED) is 0.896. The molecule has 1 atom stereocenters. The Labute approximate surface area is 104 Å². The van der Waals surface area contributed by atoms with Gasteiger partial charge in [0.05, 0.1) is 11.9 Å². The summed E-state index contributed by atoms with van der Waals surface area (Å²) < 4.78 is 14.5. The summed E-state index contributed by atoms with van der Waals surface area (Å²) in [6.07, 6.45) is 2.04. The van der Waals surface area contributed by atoms with Gasteiger partial charge in [0.2, 0.25) is 0 Å². The Balaban J connectivity index is 2.13. The fourth-order valence-corrected chi connectivity index (χ4v) is 1.71. The van der Waals surface area contributed by atoms with Gasteiger partial charge >= 0.3 is 0 Å². The van der Waals surface area contributed by atoms with Crippen molar-refractivity contribution in [1.29, 1.82) is 0 Å². The molecule has 0 aliphatic carbocycles. The van der Waals surface area contributed by atoms with Crippen LogP contribution in [0.25, 0.3) is 0 Å². The molecule has 0 bridgehead atoms. The molecule has 0 radical (unpaired) electrons. The van der Waals surface area contributed by atoms with Crippen LogP contribution in [0.15, 0.2) is 24.7 Å². The molecule has 1 unspecified atom stereocenters. The molecule has 2 rings (SSSR count). The van der Waals surface area contributed by atoms with Crippen molar-refractivity contribution in [3.63, 3.8) is 0 Å². The highest BCUT2D eigenvalue weighted by Gasteiger charge is 2.15. The van der Waals surface area contributed by atoms with E-state index in [1.165, 1.54) is 18.5 Å². The van der Waals surface area contributed by atoms with Gasteiger partial charge in [-0.15, -0.1) is 0 Å². The molecule has 18 heavy (non-hydrogen) atoms. The van der Waals surface area contributed by atoms with Gasteiger partial charge in [0.25, 0.3) is 0 Å². The Bertz CT molecular complexity index is 509. The number of pyridine rings is 1. The van der Waals surface area contributed by atoms with Gasteiger partial charge in [-0.25, -0.2) is 14.1 Å². The van der Waals surface area contributed by atoms with Gasteiger partial charge in [0, 0.05) is 12.5 Å². The van der Waals surface area contributed by atoms with Crippen LogP contribution in [0.3, 0.4) is 0 Å². The molecule has 2 heterocycles. The van der Waals surface area contributed by atoms with Crippen LogP contribution in [-0.4, -0.2) is 24.9 Å². The zero-order chi connectivity index (χ0) is 13.1. The molecular formula is C12H15FN4O. The van der Waals surface area contributed by atoms with Gasteiger partial charge in [-0.1, -0.05) is 0 Å². The summed E-state index contributed by atoms with van der Waals surface area (Å²) in [5, 5.41) is 14.1. The van der Waals surface area contributed by atoms with E-state index in [1.807, 2.05) is 13.8 Å². The van der Waals surface area contributed by atoms with Crippen LogP contribution in [0.4, 0.5) is 4.39 Å². The first kappa shape index (κ1) is 12.6. The van der Waals surface area contributed by atoms with Gasteiger partial charge in [0.15, 0.2) is 0 Å². The normalized spacial score (nSPS) is 12.9. The maximum absolute atomic E-state index is 12.7. The number of aliphatic hydroxyl groups excluding tert-OH is 1. The maximum atomic E-state index is 12.7. The molecular weight excluding hydrogens is 235 g/mol. The summed E-state index contributed by atoms with van der Waals surface area (Å²) in [5.41, 5.74) is 0.426. The zero-order valence-electron chi connectivity index (χ0n) is 10.3. The minimum atomic E-state index is -0.813. The van der Waals surface area contributed by atoms with E-state index in [2.05, 4.69) is 15.1 Å². The first-order valence-electron chi connectivity index (χ1n) is 5.76. The zero-order valence-corrected chi connectivity index (χ0v) is 10.3. The summed E-state index contributed by atoms with van der Waals surface area (Å²) in [6, 6.07) is 2.92. The number of rotatable bonds is 4. The molecule has 1 N–H and O–H groups in total. The molecule has 96 valence electrons. The van der Waals surface area contributed by atoms with E-state index < -0.39 is 11.9 Å². The molecule has 0 saturated heterocycles. The van der Waals surface area contributed by atoms with Gasteiger partial charge in [-0.3, -0.25) is 4.98 Å². The molecule has 0 spiro atoms. The fourth-order valence-electron chi connectivity index (χ4n) is 1.71. The second-order valence-electron chi connectivity index (χ2n) is 4.34. The largest absolute Gasteiger partial charge is 0.386 e. The molecule has 2 aromatic heterocycles. The predicted octanol–water partition coefficient (Wildman–Crippen LogP) is 1.67. The lowest BCUT2D eigenvalue weighted by molar-refractivity contribution is 0.168. The molecule has 2 aromatic rings. The fraction of sp³-hybridized carbons (Fsp3) is 0.417. The van der Waals surface area contributed by atoms with Crippen LogP contribution >= 0.6 is 0 Å². The third-order valence-electron chi connectivity index (χ3n) is 2.60. The Morgan fingerprint density at radius 1 is 1.33 bits per heavy atom. The first-order valence-corrected chi connectivity index (χ1v) is 5.76. The lowest BCUT2D eigenvalue weighted by atomic mass is 10.1. The Morgan fingerprint density at radius 2 is 2.11 bits per heavy atom. The Morgan fingerprint density at radius 3 is 2.72 bits per heavy atom. The third kappa shape index (κ3) is 2.70. The molecule has 0 aliphatic heterocycles. The lowest BCUT2D eigenvalue weighted by Gasteiger charge is -2.12. The SMILES string of the molecule is CC(C)n1ncnc1CC(O)c1ccc(F)cn1. The summed E-state index contributed by atoms with van der Waals surface area (Å²) in [5.74, 6) is 0.264. The van der Waals surface area contributed by atoms with Crippen molar-refractivity contribution in [3.8, 4) is 0 Å². The molecule has 0 saturated carbocycles. The summed E-state index contributed by atoms with van der Waals surface area (Å²) in [6.45, 7) is 3.97. The van der Waals surface area contributed by atoms with Crippen molar-refractivity contribution >= 4 is 0 Å². The molecule has 5 nitrogen and oxygen atoms in total. The summed E-state index contributed by atoms with van der Waals surface area (Å²) in [4.78, 5) is 7.96. The van der Waals surface area contributed by atoms with Gasteiger partial charge in [-0.05, 0) is 26.0 Å². The molecule has 0 aliphatic rings. The average molecular weight is 250 g/mol. The van der Waals surface area contributed by atoms with Crippen molar-refractivity contribution in [2.75, 3.05) is 0 Å². The molecule has 0 aromatic carbocycles. The molecule has 0 amide bonds. The van der Waals surface area contributed by atoms with Gasteiger partial charge in [0.1, 0.15) is 24.1 Å². The highest BCUT2D eigenvalue weighted by Crippen LogP contribution is 2.16. The summed E-state index contributed by atoms with van der Waals surface area (Å²) >= 11 is 0. The van der Waals surface area contributed by atoms with E-state index in [1.54, 1.807) is 4.68 Å². The van der Waals surface area contributed by atoms with E-state index in [-0.39, 0.29) is 6.04 Å². The second-order valence-corrected chi connectivity index (χ2v) is 4.34. The highest BCUT2D eigenvalue weighted by molar-refractivity contribution is 5.09. The van der Waals surface area contributed by atoms with Crippen molar-refractivity contribution in [2.45, 2.75) is 32.4 Å². The van der Waals surface area contributed by atoms with Crippen molar-refractivity contribution in [1.82, 2.24) is 19.7 Å². The Kier molecular flexibility index (Phi) is 3.66. The topological polar surface area (TPSA) is 63.8 Å². The van der Waals surface area contributed by atoms with E-state index in [0.29, 0.717) is 17.9 Å². The van der Waals surface area contributed by atoms with Gasteiger partial charge < -0.3 is 5.11 Å². The smallest absolute Gasteiger partial charge is 0.141 e. The standard InChI is InChI=1S/C12H15FN4O/c1-8(2)17-12(15-7-16-17)5-11(18)10-4-3-9(13)6-14-10/h3-4,6-8,11,18H,5H2,1-2H3. The van der Waals surface area contributed by atoms with Crippen LogP contribution < -0.4 is 0 Å². The number of hydrogen-bond donors (Lipinski definition) is 1. The van der Waals surface area contributed by atoms with E-state index in [4.69, 9.17) is 0 Å². The number of aliphatic hydroxyl groups is 1. The monoisotopic (exact) mass is 250 g/mol. The number of hydrogen-bond acceptors (Lipinski definition) is 4. The van der Waals surface area contributed by atoms with Crippen LogP contribution in [0.2, 0.25) is 0 Å². The van der Waals surface area contributed by atoms with Crippen molar-refractivity contribution in [2.24, 2.45) is 0 Å². The van der Waals surface area contributed by atoms with Crippen LogP contribution in [0.5, 0.6) is 0 Å². The number of aromatic nitrogens is 4. The third-order valence-corrected chi connectivity index (χ3v) is 2.60.